The predicted octanol–water partition coefficient (Wildman–Crippen LogP) is 4.01. The van der Waals surface area contributed by atoms with Gasteiger partial charge in [0.2, 0.25) is 11.8 Å². The molecule has 0 aliphatic rings. The molecule has 0 bridgehead atoms. The summed E-state index contributed by atoms with van der Waals surface area (Å²) in [6.07, 6.45) is -4.58. The van der Waals surface area contributed by atoms with Crippen LogP contribution in [0.5, 0.6) is 5.75 Å². The molecule has 0 saturated heterocycles. The number of carbonyl (C=O) groups is 2. The molecular weight excluding hydrogens is 397 g/mol. The highest BCUT2D eigenvalue weighted by molar-refractivity contribution is 6.31. The van der Waals surface area contributed by atoms with Gasteiger partial charge in [-0.3, -0.25) is 9.59 Å². The van der Waals surface area contributed by atoms with Crippen molar-refractivity contribution in [1.29, 1.82) is 0 Å². The van der Waals surface area contributed by atoms with E-state index in [9.17, 15) is 22.8 Å². The van der Waals surface area contributed by atoms with Crippen LogP contribution in [0.25, 0.3) is 0 Å². The molecule has 0 heterocycles. The zero-order chi connectivity index (χ0) is 20.9. The summed E-state index contributed by atoms with van der Waals surface area (Å²) in [7, 11) is 2.95. The van der Waals surface area contributed by atoms with Crippen LogP contribution in [-0.4, -0.2) is 37.4 Å². The highest BCUT2D eigenvalue weighted by atomic mass is 35.5. The molecule has 0 unspecified atom stereocenters. The van der Waals surface area contributed by atoms with E-state index in [1.54, 1.807) is 24.3 Å². The molecule has 2 amide bonds. The Bertz CT molecular complexity index is 872. The van der Waals surface area contributed by atoms with Gasteiger partial charge in [0.15, 0.2) is 0 Å². The van der Waals surface area contributed by atoms with Gasteiger partial charge in [-0.15, -0.1) is 0 Å². The normalized spacial score (nSPS) is 11.1. The summed E-state index contributed by atoms with van der Waals surface area (Å²) >= 11 is 5.55. The fourth-order valence-corrected chi connectivity index (χ4v) is 2.64. The third-order valence-corrected chi connectivity index (χ3v) is 4.18. The van der Waals surface area contributed by atoms with Gasteiger partial charge in [0, 0.05) is 12.7 Å². The fraction of sp³-hybridized carbons (Fsp3) is 0.263. The zero-order valence-electron chi connectivity index (χ0n) is 15.1. The van der Waals surface area contributed by atoms with Crippen LogP contribution in [0.1, 0.15) is 11.1 Å². The van der Waals surface area contributed by atoms with Crippen LogP contribution >= 0.6 is 11.6 Å². The molecule has 0 spiro atoms. The summed E-state index contributed by atoms with van der Waals surface area (Å²) < 4.78 is 43.7. The number of ether oxygens (including phenoxy) is 1. The first kappa shape index (κ1) is 21.6. The number of amides is 2. The Balaban J connectivity index is 1.97. The smallest absolute Gasteiger partial charge is 0.417 e. The highest BCUT2D eigenvalue weighted by Gasteiger charge is 2.33. The van der Waals surface area contributed by atoms with E-state index in [0.717, 1.165) is 12.1 Å². The summed E-state index contributed by atoms with van der Waals surface area (Å²) in [5, 5.41) is 1.88. The minimum absolute atomic E-state index is 0.0557. The number of carbonyl (C=O) groups excluding carboxylic acids is 2. The second-order valence-corrected chi connectivity index (χ2v) is 6.43. The van der Waals surface area contributed by atoms with Crippen molar-refractivity contribution in [2.75, 3.05) is 26.0 Å². The molecule has 0 atom stereocenters. The van der Waals surface area contributed by atoms with Crippen LogP contribution in [0.15, 0.2) is 42.5 Å². The van der Waals surface area contributed by atoms with E-state index in [1.165, 1.54) is 25.1 Å². The Morgan fingerprint density at radius 3 is 2.54 bits per heavy atom. The van der Waals surface area contributed by atoms with Crippen molar-refractivity contribution in [2.45, 2.75) is 12.6 Å². The molecule has 2 aromatic carbocycles. The molecule has 150 valence electrons. The van der Waals surface area contributed by atoms with Crippen molar-refractivity contribution in [2.24, 2.45) is 0 Å². The van der Waals surface area contributed by atoms with Crippen LogP contribution in [0, 0.1) is 0 Å². The quantitative estimate of drug-likeness (QED) is 0.777. The first-order valence-electron chi connectivity index (χ1n) is 8.13. The third kappa shape index (κ3) is 5.88. The molecule has 28 heavy (non-hydrogen) atoms. The minimum atomic E-state index is -4.64. The number of anilines is 1. The lowest BCUT2D eigenvalue weighted by molar-refractivity contribution is -0.137. The van der Waals surface area contributed by atoms with Gasteiger partial charge >= 0.3 is 6.18 Å². The van der Waals surface area contributed by atoms with Crippen LogP contribution in [0.2, 0.25) is 5.02 Å². The number of nitrogens with zero attached hydrogens (tertiary/aromatic N) is 1. The molecular formula is C19H18ClF3N2O3. The summed E-state index contributed by atoms with van der Waals surface area (Å²) in [5.41, 5.74) is -0.395. The molecule has 0 aliphatic heterocycles. The lowest BCUT2D eigenvalue weighted by atomic mass is 10.1. The van der Waals surface area contributed by atoms with Crippen LogP contribution < -0.4 is 10.1 Å². The summed E-state index contributed by atoms with van der Waals surface area (Å²) in [5.74, 6) is -0.346. The van der Waals surface area contributed by atoms with E-state index in [0.29, 0.717) is 11.3 Å². The SMILES string of the molecule is COc1cccc(CC(=O)N(C)CC(=O)Nc2ccc(Cl)c(C(F)(F)F)c2)c1. The van der Waals surface area contributed by atoms with Gasteiger partial charge in [-0.25, -0.2) is 0 Å². The number of alkyl halides is 3. The van der Waals surface area contributed by atoms with Crippen molar-refractivity contribution < 1.29 is 27.5 Å². The summed E-state index contributed by atoms with van der Waals surface area (Å²) in [6.45, 7) is -0.313. The number of nitrogens with one attached hydrogen (secondary N) is 1. The van der Waals surface area contributed by atoms with E-state index in [4.69, 9.17) is 16.3 Å². The number of hydrogen-bond acceptors (Lipinski definition) is 3. The lowest BCUT2D eigenvalue weighted by Gasteiger charge is -2.17. The van der Waals surface area contributed by atoms with E-state index >= 15 is 0 Å². The standard InChI is InChI=1S/C19H18ClF3N2O3/c1-25(18(27)9-12-4-3-5-14(8-12)28-2)11-17(26)24-13-6-7-16(20)15(10-13)19(21,22)23/h3-8,10H,9,11H2,1-2H3,(H,24,26). The molecule has 1 N–H and O–H groups in total. The molecule has 2 aromatic rings. The number of rotatable bonds is 6. The van der Waals surface area contributed by atoms with Crippen LogP contribution in [0.4, 0.5) is 18.9 Å². The average Bonchev–Trinajstić information content (AvgIpc) is 2.62. The minimum Gasteiger partial charge on any atom is -0.497 e. The average molecular weight is 415 g/mol. The second-order valence-electron chi connectivity index (χ2n) is 6.02. The van der Waals surface area contributed by atoms with E-state index < -0.39 is 22.7 Å². The number of benzene rings is 2. The lowest BCUT2D eigenvalue weighted by Crippen LogP contribution is -2.35. The number of hydrogen-bond donors (Lipinski definition) is 1. The maximum absolute atomic E-state index is 12.9. The summed E-state index contributed by atoms with van der Waals surface area (Å²) in [6, 6.07) is 10.0. The van der Waals surface area contributed by atoms with Crippen LogP contribution in [-0.2, 0) is 22.2 Å². The Morgan fingerprint density at radius 2 is 1.89 bits per heavy atom. The molecule has 2 rings (SSSR count). The molecule has 0 aromatic heterocycles. The summed E-state index contributed by atoms with van der Waals surface area (Å²) in [4.78, 5) is 25.5. The predicted molar refractivity (Wildman–Crippen MR) is 99.4 cm³/mol. The largest absolute Gasteiger partial charge is 0.497 e. The topological polar surface area (TPSA) is 58.6 Å². The third-order valence-electron chi connectivity index (χ3n) is 3.85. The molecule has 0 saturated carbocycles. The number of halogens is 4. The molecule has 0 aliphatic carbocycles. The van der Waals surface area contributed by atoms with Crippen molar-refractivity contribution in [3.63, 3.8) is 0 Å². The van der Waals surface area contributed by atoms with Gasteiger partial charge < -0.3 is 15.0 Å². The van der Waals surface area contributed by atoms with E-state index in [1.807, 2.05) is 0 Å². The molecule has 5 nitrogen and oxygen atoms in total. The van der Waals surface area contributed by atoms with Gasteiger partial charge in [-0.1, -0.05) is 23.7 Å². The van der Waals surface area contributed by atoms with Gasteiger partial charge in [0.1, 0.15) is 5.75 Å². The first-order valence-corrected chi connectivity index (χ1v) is 8.51. The van der Waals surface area contributed by atoms with E-state index in [-0.39, 0.29) is 24.6 Å². The van der Waals surface area contributed by atoms with Crippen molar-refractivity contribution in [3.8, 4) is 5.75 Å². The second kappa shape index (κ2) is 8.97. The van der Waals surface area contributed by atoms with E-state index in [2.05, 4.69) is 5.32 Å². The van der Waals surface area contributed by atoms with Crippen molar-refractivity contribution in [1.82, 2.24) is 4.90 Å². The number of methoxy groups -OCH3 is 1. The molecule has 0 radical (unpaired) electrons. The fourth-order valence-electron chi connectivity index (χ4n) is 2.42. The highest BCUT2D eigenvalue weighted by Crippen LogP contribution is 2.36. The maximum atomic E-state index is 12.9. The zero-order valence-corrected chi connectivity index (χ0v) is 15.9. The maximum Gasteiger partial charge on any atom is 0.417 e. The monoisotopic (exact) mass is 414 g/mol. The van der Waals surface area contributed by atoms with Crippen molar-refractivity contribution in [3.05, 3.63) is 58.6 Å². The van der Waals surface area contributed by atoms with Crippen molar-refractivity contribution >= 4 is 29.1 Å². The Morgan fingerprint density at radius 1 is 1.18 bits per heavy atom. The Kier molecular flexibility index (Phi) is 6.90. The first-order chi connectivity index (χ1) is 13.1. The Hall–Kier alpha value is -2.74. The number of likely N-dealkylation sites (N-methyl/N-ethyl adjacent to an activating group) is 1. The Labute approximate surface area is 165 Å². The van der Waals surface area contributed by atoms with Gasteiger partial charge in [-0.05, 0) is 35.9 Å². The van der Waals surface area contributed by atoms with Gasteiger partial charge in [0.25, 0.3) is 0 Å². The van der Waals surface area contributed by atoms with Gasteiger partial charge in [-0.2, -0.15) is 13.2 Å². The molecule has 0 fully saturated rings. The van der Waals surface area contributed by atoms with Crippen LogP contribution in [0.3, 0.4) is 0 Å². The molecule has 9 heteroatoms. The van der Waals surface area contributed by atoms with Gasteiger partial charge in [0.05, 0.1) is 30.7 Å².